The van der Waals surface area contributed by atoms with Gasteiger partial charge >= 0.3 is 6.03 Å². The van der Waals surface area contributed by atoms with Gasteiger partial charge in [-0.15, -0.1) is 24.0 Å². The molecule has 0 spiro atoms. The van der Waals surface area contributed by atoms with Crippen molar-refractivity contribution in [3.63, 3.8) is 0 Å². The van der Waals surface area contributed by atoms with Crippen LogP contribution in [0.2, 0.25) is 0 Å². The molecule has 1 fully saturated rings. The normalized spacial score (nSPS) is 15.6. The summed E-state index contributed by atoms with van der Waals surface area (Å²) in [7, 11) is 0. The number of thiazole rings is 1. The first kappa shape index (κ1) is 21.1. The van der Waals surface area contributed by atoms with Crippen molar-refractivity contribution in [1.82, 2.24) is 9.97 Å². The van der Waals surface area contributed by atoms with Gasteiger partial charge in [-0.25, -0.2) is 9.78 Å². The Kier molecular flexibility index (Phi) is 6.31. The molecule has 2 heterocycles. The Balaban J connectivity index is 0.000000192. The number of thiol groups is 1. The van der Waals surface area contributed by atoms with Gasteiger partial charge in [-0.3, -0.25) is 4.98 Å². The third-order valence-electron chi connectivity index (χ3n) is 4.94. The molecule has 1 saturated carbocycles. The fraction of sp³-hybridized carbons (Fsp3) is 0.550. The predicted octanol–water partition coefficient (Wildman–Crippen LogP) is 4.16. The number of amides is 2. The van der Waals surface area contributed by atoms with E-state index in [4.69, 9.17) is 10.7 Å². The minimum absolute atomic E-state index is 0.466. The van der Waals surface area contributed by atoms with E-state index in [-0.39, 0.29) is 0 Å². The van der Waals surface area contributed by atoms with E-state index in [1.165, 1.54) is 46.7 Å². The number of nitrogens with one attached hydrogen (secondary N) is 1. The number of rotatable bonds is 4. The maximum atomic E-state index is 11.2. The van der Waals surface area contributed by atoms with Crippen LogP contribution in [-0.4, -0.2) is 21.1 Å². The molecule has 0 bridgehead atoms. The van der Waals surface area contributed by atoms with Gasteiger partial charge in [-0.1, -0.05) is 6.92 Å². The van der Waals surface area contributed by atoms with Crippen molar-refractivity contribution in [3.8, 4) is 0 Å². The highest BCUT2D eigenvalue weighted by atomic mass is 32.2. The van der Waals surface area contributed by atoms with Crippen LogP contribution < -0.4 is 11.1 Å². The van der Waals surface area contributed by atoms with Crippen LogP contribution >= 0.6 is 24.0 Å². The average Bonchev–Trinajstić information content (AvgIpc) is 3.17. The van der Waals surface area contributed by atoms with Crippen LogP contribution in [0.15, 0.2) is 10.4 Å². The van der Waals surface area contributed by atoms with E-state index in [0.717, 1.165) is 35.6 Å². The first-order valence-electron chi connectivity index (χ1n) is 9.69. The second-order valence-corrected chi connectivity index (χ2v) is 9.62. The summed E-state index contributed by atoms with van der Waals surface area (Å²) in [6.07, 6.45) is 8.18. The highest BCUT2D eigenvalue weighted by molar-refractivity contribution is 7.82. The number of hydrogen-bond donors (Lipinski definition) is 4. The lowest BCUT2D eigenvalue weighted by Crippen LogP contribution is -2.22. The Morgan fingerprint density at radius 1 is 1.43 bits per heavy atom. The molecule has 28 heavy (non-hydrogen) atoms. The van der Waals surface area contributed by atoms with Crippen LogP contribution in [0, 0.1) is 0 Å². The molecule has 2 aliphatic carbocycles. The van der Waals surface area contributed by atoms with E-state index in [1.54, 1.807) is 20.0 Å². The Labute approximate surface area is 175 Å². The van der Waals surface area contributed by atoms with Gasteiger partial charge in [0.2, 0.25) is 0 Å². The zero-order chi connectivity index (χ0) is 20.5. The molecule has 2 aromatic heterocycles. The minimum Gasteiger partial charge on any atom is -0.383 e. The number of carbonyl (C=O) groups excluding carboxylic acids is 1. The quantitative estimate of drug-likeness (QED) is 0.558. The third-order valence-corrected chi connectivity index (χ3v) is 6.44. The Hall–Kier alpha value is -1.64. The number of pyridine rings is 1. The standard InChI is InChI=1S/C14H19N3O.C6H9NOS2/c1-2-9-12(8-6-7-8)16-11-5-3-4-10(11)13(9)17-14(15)18;1-6(2,8)5-7-3-4(9)10-5/h8H,2-7H2,1H3,(H3,15,16,17,18);3,8-9H,1-2H3. The maximum Gasteiger partial charge on any atom is 0.316 e. The number of anilines is 1. The number of aliphatic hydroxyl groups is 1. The van der Waals surface area contributed by atoms with Crippen LogP contribution in [0.1, 0.15) is 73.5 Å². The van der Waals surface area contributed by atoms with Crippen LogP contribution in [0.25, 0.3) is 0 Å². The lowest BCUT2D eigenvalue weighted by atomic mass is 10.00. The van der Waals surface area contributed by atoms with E-state index in [9.17, 15) is 9.90 Å². The average molecular weight is 421 g/mol. The molecule has 152 valence electrons. The van der Waals surface area contributed by atoms with Gasteiger partial charge in [-0.05, 0) is 63.5 Å². The highest BCUT2D eigenvalue weighted by Crippen LogP contribution is 2.44. The van der Waals surface area contributed by atoms with Crippen molar-refractivity contribution in [1.29, 1.82) is 0 Å². The van der Waals surface area contributed by atoms with E-state index in [1.807, 2.05) is 0 Å². The number of aromatic nitrogens is 2. The summed E-state index contributed by atoms with van der Waals surface area (Å²) in [5.41, 5.74) is 10.3. The SMILES string of the molecule is CC(C)(O)c1ncc(S)s1.CCc1c(C2CC2)nc2c(c1NC(N)=O)CCC2. The molecule has 0 saturated heterocycles. The highest BCUT2D eigenvalue weighted by Gasteiger charge is 2.31. The molecule has 8 heteroatoms. The molecule has 2 aliphatic rings. The molecule has 0 aliphatic heterocycles. The van der Waals surface area contributed by atoms with E-state index in [2.05, 4.69) is 29.9 Å². The molecule has 2 amide bonds. The predicted molar refractivity (Wildman–Crippen MR) is 115 cm³/mol. The monoisotopic (exact) mass is 420 g/mol. The summed E-state index contributed by atoms with van der Waals surface area (Å²) < 4.78 is 0.831. The van der Waals surface area contributed by atoms with Crippen molar-refractivity contribution in [2.24, 2.45) is 5.73 Å². The van der Waals surface area contributed by atoms with Crippen molar-refractivity contribution in [2.75, 3.05) is 5.32 Å². The van der Waals surface area contributed by atoms with E-state index < -0.39 is 11.6 Å². The van der Waals surface area contributed by atoms with E-state index >= 15 is 0 Å². The van der Waals surface area contributed by atoms with Gasteiger partial charge < -0.3 is 16.2 Å². The van der Waals surface area contributed by atoms with Crippen molar-refractivity contribution in [3.05, 3.63) is 33.7 Å². The van der Waals surface area contributed by atoms with Crippen molar-refractivity contribution >= 4 is 35.7 Å². The summed E-state index contributed by atoms with van der Waals surface area (Å²) in [4.78, 5) is 20.1. The second kappa shape index (κ2) is 8.39. The first-order valence-corrected chi connectivity index (χ1v) is 11.0. The van der Waals surface area contributed by atoms with Gasteiger partial charge in [-0.2, -0.15) is 0 Å². The number of fused-ring (bicyclic) bond motifs is 1. The molecule has 0 atom stereocenters. The number of aryl methyl sites for hydroxylation is 1. The molecule has 0 aromatic carbocycles. The van der Waals surface area contributed by atoms with Crippen molar-refractivity contribution in [2.45, 2.75) is 75.0 Å². The minimum atomic E-state index is -0.828. The Bertz CT molecular complexity index is 870. The fourth-order valence-corrected chi connectivity index (χ4v) is 4.49. The molecular weight excluding hydrogens is 392 g/mol. The maximum absolute atomic E-state index is 11.2. The summed E-state index contributed by atoms with van der Waals surface area (Å²) >= 11 is 5.48. The zero-order valence-corrected chi connectivity index (χ0v) is 18.3. The number of urea groups is 1. The van der Waals surface area contributed by atoms with Crippen molar-refractivity contribution < 1.29 is 9.90 Å². The number of carbonyl (C=O) groups is 1. The molecule has 4 N–H and O–H groups in total. The Morgan fingerprint density at radius 2 is 2.14 bits per heavy atom. The number of hydrogen-bond acceptors (Lipinski definition) is 6. The molecular formula is C20H28N4O2S2. The smallest absolute Gasteiger partial charge is 0.316 e. The first-order chi connectivity index (χ1) is 13.2. The fourth-order valence-electron chi connectivity index (χ4n) is 3.52. The second-order valence-electron chi connectivity index (χ2n) is 7.81. The molecule has 0 unspecified atom stereocenters. The summed E-state index contributed by atoms with van der Waals surface area (Å²) in [6.45, 7) is 5.54. The third kappa shape index (κ3) is 4.85. The van der Waals surface area contributed by atoms with Crippen LogP contribution in [0.4, 0.5) is 10.5 Å². The largest absolute Gasteiger partial charge is 0.383 e. The number of nitrogens with two attached hydrogens (primary N) is 1. The van der Waals surface area contributed by atoms with Crippen LogP contribution in [0.3, 0.4) is 0 Å². The van der Waals surface area contributed by atoms with Gasteiger partial charge in [0.05, 0.1) is 16.1 Å². The topological polar surface area (TPSA) is 101 Å². The molecule has 2 aromatic rings. The van der Waals surface area contributed by atoms with Crippen LogP contribution in [0.5, 0.6) is 0 Å². The van der Waals surface area contributed by atoms with E-state index in [0.29, 0.717) is 10.9 Å². The van der Waals surface area contributed by atoms with Gasteiger partial charge in [0.25, 0.3) is 0 Å². The van der Waals surface area contributed by atoms with Gasteiger partial charge in [0.15, 0.2) is 0 Å². The molecule has 4 rings (SSSR count). The number of nitrogens with zero attached hydrogens (tertiary/aromatic N) is 2. The zero-order valence-electron chi connectivity index (χ0n) is 16.6. The summed E-state index contributed by atoms with van der Waals surface area (Å²) in [5.74, 6) is 0.610. The van der Waals surface area contributed by atoms with Crippen LogP contribution in [-0.2, 0) is 24.9 Å². The Morgan fingerprint density at radius 3 is 2.61 bits per heavy atom. The lowest BCUT2D eigenvalue weighted by molar-refractivity contribution is 0.0783. The van der Waals surface area contributed by atoms with Gasteiger partial charge in [0, 0.05) is 17.3 Å². The lowest BCUT2D eigenvalue weighted by Gasteiger charge is -2.17. The summed E-state index contributed by atoms with van der Waals surface area (Å²) in [6, 6.07) is -0.466. The summed E-state index contributed by atoms with van der Waals surface area (Å²) in [5, 5.41) is 13.0. The molecule has 0 radical (unpaired) electrons. The number of primary amides is 1. The van der Waals surface area contributed by atoms with Gasteiger partial charge in [0.1, 0.15) is 10.6 Å². The molecule has 6 nitrogen and oxygen atoms in total.